The molecule has 2 aromatic heterocycles. The number of rotatable bonds is 1. The lowest BCUT2D eigenvalue weighted by atomic mass is 10.2. The van der Waals surface area contributed by atoms with Crippen LogP contribution in [0.15, 0.2) is 41.3 Å². The molecule has 3 rings (SSSR count). The van der Waals surface area contributed by atoms with Gasteiger partial charge in [0.15, 0.2) is 5.65 Å². The monoisotopic (exact) mass is 240 g/mol. The van der Waals surface area contributed by atoms with Crippen LogP contribution in [0.2, 0.25) is 0 Å². The third kappa shape index (κ3) is 1.48. The molecule has 0 amide bonds. The lowest BCUT2D eigenvalue weighted by Gasteiger charge is -2.07. The number of aromatic nitrogens is 3. The molecule has 0 atom stereocenters. The van der Waals surface area contributed by atoms with Crippen LogP contribution in [0, 0.1) is 6.92 Å². The van der Waals surface area contributed by atoms with Crippen molar-refractivity contribution in [1.29, 1.82) is 0 Å². The van der Waals surface area contributed by atoms with Crippen LogP contribution in [0.5, 0.6) is 0 Å². The predicted molar refractivity (Wildman–Crippen MR) is 70.8 cm³/mol. The minimum atomic E-state index is -0.198. The molecule has 0 aliphatic heterocycles. The van der Waals surface area contributed by atoms with Crippen molar-refractivity contribution in [2.24, 2.45) is 0 Å². The second-order valence-corrected chi connectivity index (χ2v) is 4.19. The average Bonchev–Trinajstić information content (AvgIpc) is 2.66. The van der Waals surface area contributed by atoms with Gasteiger partial charge in [0.2, 0.25) is 0 Å². The van der Waals surface area contributed by atoms with E-state index in [0.717, 1.165) is 16.8 Å². The lowest BCUT2D eigenvalue weighted by molar-refractivity contribution is 0.989. The fraction of sp³-hybridized carbons (Fsp3) is 0.0769. The van der Waals surface area contributed by atoms with E-state index in [0.29, 0.717) is 11.3 Å². The van der Waals surface area contributed by atoms with Gasteiger partial charge >= 0.3 is 5.69 Å². The molecule has 18 heavy (non-hydrogen) atoms. The van der Waals surface area contributed by atoms with Crippen LogP contribution >= 0.6 is 0 Å². The first-order valence-corrected chi connectivity index (χ1v) is 5.59. The summed E-state index contributed by atoms with van der Waals surface area (Å²) in [7, 11) is 0. The topological polar surface area (TPSA) is 76.7 Å². The molecule has 0 aliphatic rings. The third-order valence-electron chi connectivity index (χ3n) is 2.90. The number of nitrogens with two attached hydrogens (primary N) is 1. The standard InChI is InChI=1S/C13H12N4O/c1-8-7-9(14)4-5-11(8)17-12-10(16-13(17)18)3-2-6-15-12/h2-7H,14H2,1H3,(H,16,18). The molecule has 0 saturated carbocycles. The second-order valence-electron chi connectivity index (χ2n) is 4.19. The minimum Gasteiger partial charge on any atom is -0.399 e. The molecular formula is C13H12N4O. The fourth-order valence-electron chi connectivity index (χ4n) is 2.09. The van der Waals surface area contributed by atoms with Gasteiger partial charge in [-0.05, 0) is 42.8 Å². The van der Waals surface area contributed by atoms with E-state index in [4.69, 9.17) is 5.73 Å². The Morgan fingerprint density at radius 1 is 1.33 bits per heavy atom. The minimum absolute atomic E-state index is 0.198. The summed E-state index contributed by atoms with van der Waals surface area (Å²) < 4.78 is 1.56. The van der Waals surface area contributed by atoms with Gasteiger partial charge in [-0.3, -0.25) is 0 Å². The molecule has 2 heterocycles. The Hall–Kier alpha value is -2.56. The summed E-state index contributed by atoms with van der Waals surface area (Å²) in [5, 5.41) is 0. The molecule has 0 aliphatic carbocycles. The maximum Gasteiger partial charge on any atom is 0.332 e. The second kappa shape index (κ2) is 3.73. The number of benzene rings is 1. The number of nitrogen functional groups attached to an aromatic ring is 1. The van der Waals surface area contributed by atoms with Crippen molar-refractivity contribution < 1.29 is 0 Å². The number of imidazole rings is 1. The number of fused-ring (bicyclic) bond motifs is 1. The Bertz CT molecular complexity index is 785. The molecular weight excluding hydrogens is 228 g/mol. The SMILES string of the molecule is Cc1cc(N)ccc1-n1c(=O)[nH]c2cccnc21. The van der Waals surface area contributed by atoms with Crippen LogP contribution in [0.4, 0.5) is 5.69 Å². The zero-order chi connectivity index (χ0) is 12.7. The van der Waals surface area contributed by atoms with E-state index >= 15 is 0 Å². The maximum absolute atomic E-state index is 12.0. The Labute approximate surface area is 103 Å². The molecule has 0 unspecified atom stereocenters. The summed E-state index contributed by atoms with van der Waals surface area (Å²) >= 11 is 0. The number of aryl methyl sites for hydroxylation is 1. The fourth-order valence-corrected chi connectivity index (χ4v) is 2.09. The number of anilines is 1. The summed E-state index contributed by atoms with van der Waals surface area (Å²) in [6, 6.07) is 9.05. The van der Waals surface area contributed by atoms with Gasteiger partial charge in [0, 0.05) is 11.9 Å². The first-order valence-electron chi connectivity index (χ1n) is 5.59. The summed E-state index contributed by atoms with van der Waals surface area (Å²) in [5.41, 5.74) is 9.27. The summed E-state index contributed by atoms with van der Waals surface area (Å²) in [4.78, 5) is 19.0. The zero-order valence-corrected chi connectivity index (χ0v) is 9.84. The van der Waals surface area contributed by atoms with Crippen LogP contribution in [-0.4, -0.2) is 14.5 Å². The number of hydrogen-bond acceptors (Lipinski definition) is 3. The van der Waals surface area contributed by atoms with Crippen molar-refractivity contribution in [1.82, 2.24) is 14.5 Å². The van der Waals surface area contributed by atoms with Crippen LogP contribution in [0.1, 0.15) is 5.56 Å². The van der Waals surface area contributed by atoms with E-state index in [1.807, 2.05) is 25.1 Å². The first-order chi connectivity index (χ1) is 8.66. The normalized spacial score (nSPS) is 10.9. The molecule has 0 fully saturated rings. The highest BCUT2D eigenvalue weighted by molar-refractivity contribution is 5.73. The van der Waals surface area contributed by atoms with E-state index in [1.54, 1.807) is 22.9 Å². The summed E-state index contributed by atoms with van der Waals surface area (Å²) in [6.45, 7) is 1.92. The van der Waals surface area contributed by atoms with Crippen LogP contribution in [0.25, 0.3) is 16.9 Å². The van der Waals surface area contributed by atoms with Crippen LogP contribution in [0.3, 0.4) is 0 Å². The number of aromatic amines is 1. The molecule has 3 aromatic rings. The van der Waals surface area contributed by atoms with Gasteiger partial charge in [-0.15, -0.1) is 0 Å². The number of nitrogens with one attached hydrogen (secondary N) is 1. The largest absolute Gasteiger partial charge is 0.399 e. The van der Waals surface area contributed by atoms with E-state index in [2.05, 4.69) is 9.97 Å². The van der Waals surface area contributed by atoms with Crippen molar-refractivity contribution in [2.45, 2.75) is 6.92 Å². The molecule has 3 N–H and O–H groups in total. The predicted octanol–water partition coefficient (Wildman–Crippen LogP) is 1.60. The van der Waals surface area contributed by atoms with E-state index < -0.39 is 0 Å². The maximum atomic E-state index is 12.0. The molecule has 0 spiro atoms. The molecule has 1 aromatic carbocycles. The number of nitrogens with zero attached hydrogens (tertiary/aromatic N) is 2. The first kappa shape index (κ1) is 10.6. The van der Waals surface area contributed by atoms with Gasteiger partial charge in [-0.1, -0.05) is 0 Å². The van der Waals surface area contributed by atoms with Crippen LogP contribution in [-0.2, 0) is 0 Å². The molecule has 0 saturated heterocycles. The van der Waals surface area contributed by atoms with Crippen molar-refractivity contribution in [3.8, 4) is 5.69 Å². The van der Waals surface area contributed by atoms with Crippen molar-refractivity contribution in [2.75, 3.05) is 5.73 Å². The van der Waals surface area contributed by atoms with Gasteiger partial charge < -0.3 is 10.7 Å². The number of pyridine rings is 1. The summed E-state index contributed by atoms with van der Waals surface area (Å²) in [5.74, 6) is 0. The molecule has 90 valence electrons. The average molecular weight is 240 g/mol. The Balaban J connectivity index is 2.38. The van der Waals surface area contributed by atoms with Gasteiger partial charge in [-0.25, -0.2) is 14.3 Å². The highest BCUT2D eigenvalue weighted by atomic mass is 16.1. The highest BCUT2D eigenvalue weighted by Gasteiger charge is 2.11. The van der Waals surface area contributed by atoms with Crippen molar-refractivity contribution >= 4 is 16.9 Å². The van der Waals surface area contributed by atoms with Gasteiger partial charge in [0.05, 0.1) is 11.2 Å². The van der Waals surface area contributed by atoms with Crippen molar-refractivity contribution in [3.63, 3.8) is 0 Å². The van der Waals surface area contributed by atoms with Gasteiger partial charge in [0.25, 0.3) is 0 Å². The van der Waals surface area contributed by atoms with Gasteiger partial charge in [-0.2, -0.15) is 0 Å². The Morgan fingerprint density at radius 2 is 2.17 bits per heavy atom. The zero-order valence-electron chi connectivity index (χ0n) is 9.84. The Morgan fingerprint density at radius 3 is 2.94 bits per heavy atom. The summed E-state index contributed by atoms with van der Waals surface area (Å²) in [6.07, 6.45) is 1.67. The highest BCUT2D eigenvalue weighted by Crippen LogP contribution is 2.18. The van der Waals surface area contributed by atoms with Gasteiger partial charge in [0.1, 0.15) is 0 Å². The van der Waals surface area contributed by atoms with E-state index in [9.17, 15) is 4.79 Å². The quantitative estimate of drug-likeness (QED) is 0.634. The Kier molecular flexibility index (Phi) is 2.19. The van der Waals surface area contributed by atoms with E-state index in [1.165, 1.54) is 0 Å². The lowest BCUT2D eigenvalue weighted by Crippen LogP contribution is -2.16. The molecule has 0 bridgehead atoms. The molecule has 5 heteroatoms. The number of H-pyrrole nitrogens is 1. The smallest absolute Gasteiger partial charge is 0.332 e. The third-order valence-corrected chi connectivity index (χ3v) is 2.90. The number of hydrogen-bond donors (Lipinski definition) is 2. The van der Waals surface area contributed by atoms with Crippen LogP contribution < -0.4 is 11.4 Å². The molecule has 0 radical (unpaired) electrons. The van der Waals surface area contributed by atoms with E-state index in [-0.39, 0.29) is 5.69 Å². The van der Waals surface area contributed by atoms with Crippen molar-refractivity contribution in [3.05, 3.63) is 52.6 Å². The molecule has 5 nitrogen and oxygen atoms in total.